The van der Waals surface area contributed by atoms with Crippen LogP contribution in [0.15, 0.2) is 24.3 Å². The van der Waals surface area contributed by atoms with Crippen molar-refractivity contribution in [1.82, 2.24) is 4.90 Å². The van der Waals surface area contributed by atoms with Gasteiger partial charge in [0.25, 0.3) is 0 Å². The number of aliphatic hydroxyl groups excluding tert-OH is 1. The molecule has 0 aliphatic rings. The normalized spacial score (nSPS) is 10.7. The minimum absolute atomic E-state index is 0.00547. The lowest BCUT2D eigenvalue weighted by molar-refractivity contribution is -0.133. The summed E-state index contributed by atoms with van der Waals surface area (Å²) in [7, 11) is 0. The molecule has 0 bridgehead atoms. The van der Waals surface area contributed by atoms with E-state index in [2.05, 4.69) is 13.8 Å². The molecule has 0 unspecified atom stereocenters. The zero-order chi connectivity index (χ0) is 15.7. The Kier molecular flexibility index (Phi) is 7.83. The van der Waals surface area contributed by atoms with Gasteiger partial charge in [-0.05, 0) is 37.5 Å². The van der Waals surface area contributed by atoms with Crippen LogP contribution < -0.4 is 4.74 Å². The average Bonchev–Trinajstić information content (AvgIpc) is 2.49. The second-order valence-corrected chi connectivity index (χ2v) is 5.03. The molecule has 0 aliphatic heterocycles. The molecule has 4 heteroatoms. The fourth-order valence-corrected chi connectivity index (χ4v) is 2.49. The number of hydrogen-bond acceptors (Lipinski definition) is 3. The second-order valence-electron chi connectivity index (χ2n) is 5.03. The maximum Gasteiger partial charge on any atom is 0.227 e. The van der Waals surface area contributed by atoms with E-state index in [1.54, 1.807) is 4.90 Å². The van der Waals surface area contributed by atoms with Crippen molar-refractivity contribution in [2.75, 3.05) is 19.8 Å². The minimum atomic E-state index is 0.00547. The molecule has 118 valence electrons. The highest BCUT2D eigenvalue weighted by atomic mass is 16.5. The molecule has 0 saturated carbocycles. The lowest BCUT2D eigenvalue weighted by Crippen LogP contribution is -2.42. The number of carbonyl (C=O) groups excluding carboxylic acids is 1. The standard InChI is InChI=1S/C17H27NO3/c1-4-15(5-2)18(11-12-19)17(20)13-14-7-9-16(10-8-14)21-6-3/h7-10,15,19H,4-6,11-13H2,1-3H3. The number of aliphatic hydroxyl groups is 1. The van der Waals surface area contributed by atoms with Crippen molar-refractivity contribution in [3.63, 3.8) is 0 Å². The van der Waals surface area contributed by atoms with Crippen molar-refractivity contribution in [2.24, 2.45) is 0 Å². The van der Waals surface area contributed by atoms with Gasteiger partial charge in [-0.25, -0.2) is 0 Å². The van der Waals surface area contributed by atoms with E-state index in [1.807, 2.05) is 31.2 Å². The summed E-state index contributed by atoms with van der Waals surface area (Å²) >= 11 is 0. The fourth-order valence-electron chi connectivity index (χ4n) is 2.49. The third kappa shape index (κ3) is 5.38. The molecule has 0 spiro atoms. The third-order valence-corrected chi connectivity index (χ3v) is 3.63. The van der Waals surface area contributed by atoms with Crippen molar-refractivity contribution in [1.29, 1.82) is 0 Å². The first-order valence-electron chi connectivity index (χ1n) is 7.78. The molecule has 1 aromatic carbocycles. The Labute approximate surface area is 127 Å². The van der Waals surface area contributed by atoms with Crippen LogP contribution in [0.25, 0.3) is 0 Å². The molecule has 0 heterocycles. The summed E-state index contributed by atoms with van der Waals surface area (Å²) in [6.45, 7) is 7.14. The second kappa shape index (κ2) is 9.40. The topological polar surface area (TPSA) is 49.8 Å². The van der Waals surface area contributed by atoms with Crippen LogP contribution in [0.5, 0.6) is 5.75 Å². The summed E-state index contributed by atoms with van der Waals surface area (Å²) < 4.78 is 5.40. The van der Waals surface area contributed by atoms with E-state index in [4.69, 9.17) is 4.74 Å². The van der Waals surface area contributed by atoms with E-state index < -0.39 is 0 Å². The van der Waals surface area contributed by atoms with Crippen LogP contribution in [0.4, 0.5) is 0 Å². The van der Waals surface area contributed by atoms with Crippen LogP contribution in [0.3, 0.4) is 0 Å². The van der Waals surface area contributed by atoms with Gasteiger partial charge in [-0.3, -0.25) is 4.79 Å². The Morgan fingerprint density at radius 2 is 1.81 bits per heavy atom. The Bertz CT molecular complexity index is 413. The van der Waals surface area contributed by atoms with Crippen LogP contribution in [-0.2, 0) is 11.2 Å². The van der Waals surface area contributed by atoms with Crippen molar-refractivity contribution in [3.8, 4) is 5.75 Å². The van der Waals surface area contributed by atoms with Crippen molar-refractivity contribution < 1.29 is 14.6 Å². The predicted molar refractivity (Wildman–Crippen MR) is 84.5 cm³/mol. The van der Waals surface area contributed by atoms with Crippen molar-refractivity contribution >= 4 is 5.91 Å². The summed E-state index contributed by atoms with van der Waals surface area (Å²) in [4.78, 5) is 14.3. The zero-order valence-electron chi connectivity index (χ0n) is 13.3. The van der Waals surface area contributed by atoms with E-state index >= 15 is 0 Å². The minimum Gasteiger partial charge on any atom is -0.494 e. The molecule has 0 fully saturated rings. The first-order chi connectivity index (χ1) is 10.2. The SMILES string of the molecule is CCOc1ccc(CC(=O)N(CCO)C(CC)CC)cc1. The average molecular weight is 293 g/mol. The summed E-state index contributed by atoms with van der Waals surface area (Å²) in [5.41, 5.74) is 0.970. The van der Waals surface area contributed by atoms with Gasteiger partial charge in [0.05, 0.1) is 19.6 Å². The number of ether oxygens (including phenoxy) is 1. The molecule has 0 aliphatic carbocycles. The monoisotopic (exact) mass is 293 g/mol. The molecule has 1 N–H and O–H groups in total. The molecule has 21 heavy (non-hydrogen) atoms. The maximum absolute atomic E-state index is 12.5. The highest BCUT2D eigenvalue weighted by Gasteiger charge is 2.20. The van der Waals surface area contributed by atoms with Crippen LogP contribution in [-0.4, -0.2) is 41.7 Å². The number of rotatable bonds is 9. The van der Waals surface area contributed by atoms with Crippen LogP contribution in [0.2, 0.25) is 0 Å². The zero-order valence-corrected chi connectivity index (χ0v) is 13.3. The lowest BCUT2D eigenvalue weighted by Gasteiger charge is -2.30. The predicted octanol–water partition coefficient (Wildman–Crippen LogP) is 2.64. The lowest BCUT2D eigenvalue weighted by atomic mass is 10.1. The largest absolute Gasteiger partial charge is 0.494 e. The van der Waals surface area contributed by atoms with Gasteiger partial charge < -0.3 is 14.7 Å². The Morgan fingerprint density at radius 3 is 2.29 bits per heavy atom. The number of nitrogens with zero attached hydrogens (tertiary/aromatic N) is 1. The summed E-state index contributed by atoms with van der Waals surface area (Å²) in [6.07, 6.45) is 2.18. The molecule has 4 nitrogen and oxygen atoms in total. The first kappa shape index (κ1) is 17.5. The molecule has 1 amide bonds. The number of hydrogen-bond donors (Lipinski definition) is 1. The van der Waals surface area contributed by atoms with Crippen molar-refractivity contribution in [3.05, 3.63) is 29.8 Å². The molecule has 0 aromatic heterocycles. The Balaban J connectivity index is 2.71. The van der Waals surface area contributed by atoms with E-state index in [1.165, 1.54) is 0 Å². The van der Waals surface area contributed by atoms with Gasteiger partial charge in [0, 0.05) is 12.6 Å². The number of benzene rings is 1. The molecular weight excluding hydrogens is 266 g/mol. The maximum atomic E-state index is 12.5. The summed E-state index contributed by atoms with van der Waals surface area (Å²) in [5, 5.41) is 9.18. The van der Waals surface area contributed by atoms with Crippen molar-refractivity contribution in [2.45, 2.75) is 46.1 Å². The van der Waals surface area contributed by atoms with Gasteiger partial charge in [-0.1, -0.05) is 26.0 Å². The van der Waals surface area contributed by atoms with Gasteiger partial charge in [0.15, 0.2) is 0 Å². The van der Waals surface area contributed by atoms with E-state index in [0.717, 1.165) is 24.2 Å². The number of carbonyl (C=O) groups is 1. The molecule has 1 aromatic rings. The van der Waals surface area contributed by atoms with Crippen LogP contribution in [0, 0.1) is 0 Å². The molecular formula is C17H27NO3. The fraction of sp³-hybridized carbons (Fsp3) is 0.588. The highest BCUT2D eigenvalue weighted by Crippen LogP contribution is 2.15. The van der Waals surface area contributed by atoms with Gasteiger partial charge in [-0.15, -0.1) is 0 Å². The first-order valence-corrected chi connectivity index (χ1v) is 7.78. The van der Waals surface area contributed by atoms with E-state index in [-0.39, 0.29) is 18.6 Å². The van der Waals surface area contributed by atoms with Crippen LogP contribution >= 0.6 is 0 Å². The quantitative estimate of drug-likeness (QED) is 0.761. The highest BCUT2D eigenvalue weighted by molar-refractivity contribution is 5.79. The van der Waals surface area contributed by atoms with Gasteiger partial charge in [0.2, 0.25) is 5.91 Å². The van der Waals surface area contributed by atoms with Gasteiger partial charge >= 0.3 is 0 Å². The Hall–Kier alpha value is -1.55. The Morgan fingerprint density at radius 1 is 1.19 bits per heavy atom. The van der Waals surface area contributed by atoms with Crippen LogP contribution in [0.1, 0.15) is 39.2 Å². The number of amides is 1. The third-order valence-electron chi connectivity index (χ3n) is 3.63. The summed E-state index contributed by atoms with van der Waals surface area (Å²) in [5.74, 6) is 0.891. The van der Waals surface area contributed by atoms with Gasteiger partial charge in [0.1, 0.15) is 5.75 Å². The van der Waals surface area contributed by atoms with Gasteiger partial charge in [-0.2, -0.15) is 0 Å². The molecule has 1 rings (SSSR count). The molecule has 0 saturated heterocycles. The molecule has 0 radical (unpaired) electrons. The van der Waals surface area contributed by atoms with E-state index in [0.29, 0.717) is 19.6 Å². The van der Waals surface area contributed by atoms with E-state index in [9.17, 15) is 9.90 Å². The summed E-state index contributed by atoms with van der Waals surface area (Å²) in [6, 6.07) is 7.83. The molecule has 0 atom stereocenters. The smallest absolute Gasteiger partial charge is 0.227 e.